The fraction of sp³-hybridized carbons (Fsp3) is 0.457. The van der Waals surface area contributed by atoms with E-state index in [1.165, 1.54) is 4.90 Å². The first kappa shape index (κ1) is 31.9. The van der Waals surface area contributed by atoms with Crippen LogP contribution in [0, 0.1) is 17.8 Å². The van der Waals surface area contributed by atoms with E-state index in [-0.39, 0.29) is 43.3 Å². The fourth-order valence-electron chi connectivity index (χ4n) is 7.67. The van der Waals surface area contributed by atoms with Crippen LogP contribution in [-0.4, -0.2) is 70.7 Å². The largest absolute Gasteiger partial charge is 0.394 e. The summed E-state index contributed by atoms with van der Waals surface area (Å²) < 4.78 is 6.88. The topological polar surface area (TPSA) is 90.4 Å². The third kappa shape index (κ3) is 4.97. The van der Waals surface area contributed by atoms with E-state index in [1.54, 1.807) is 46.2 Å². The van der Waals surface area contributed by atoms with Crippen molar-refractivity contribution in [2.75, 3.05) is 29.5 Å². The highest BCUT2D eigenvalue weighted by atomic mass is 35.5. The Morgan fingerprint density at radius 2 is 1.70 bits per heavy atom. The Kier molecular flexibility index (Phi) is 9.08. The summed E-state index contributed by atoms with van der Waals surface area (Å²) in [6.45, 7) is 13.6. The molecule has 0 aromatic heterocycles. The molecule has 3 aliphatic rings. The number of ether oxygens (including phenoxy) is 1. The second-order valence-electron chi connectivity index (χ2n) is 12.4. The van der Waals surface area contributed by atoms with Crippen molar-refractivity contribution in [3.8, 4) is 0 Å². The zero-order valence-corrected chi connectivity index (χ0v) is 26.5. The maximum absolute atomic E-state index is 14.9. The van der Waals surface area contributed by atoms with Gasteiger partial charge in [0.1, 0.15) is 11.6 Å². The molecule has 3 aliphatic heterocycles. The summed E-state index contributed by atoms with van der Waals surface area (Å²) in [5.74, 6) is -2.83. The highest BCUT2D eigenvalue weighted by molar-refractivity contribution is 6.34. The molecule has 44 heavy (non-hydrogen) atoms. The minimum atomic E-state index is -1.26. The smallest absolute Gasteiger partial charge is 0.253 e. The summed E-state index contributed by atoms with van der Waals surface area (Å²) in [5.41, 5.74) is -1.05. The van der Waals surface area contributed by atoms with Crippen LogP contribution in [0.1, 0.15) is 40.0 Å². The number of halogens is 1. The number of aliphatic hydroxyl groups is 1. The average molecular weight is 620 g/mol. The maximum atomic E-state index is 14.9. The summed E-state index contributed by atoms with van der Waals surface area (Å²) in [4.78, 5) is 49.0. The molecule has 8 nitrogen and oxygen atoms in total. The van der Waals surface area contributed by atoms with Crippen molar-refractivity contribution in [3.05, 3.63) is 84.9 Å². The van der Waals surface area contributed by atoms with Gasteiger partial charge in [-0.25, -0.2) is 0 Å². The van der Waals surface area contributed by atoms with E-state index < -0.39 is 35.1 Å². The van der Waals surface area contributed by atoms with Crippen molar-refractivity contribution >= 4 is 40.7 Å². The quantitative estimate of drug-likeness (QED) is 0.328. The number of amides is 3. The number of fused-ring (bicyclic) bond motifs is 1. The monoisotopic (exact) mass is 619 g/mol. The second kappa shape index (κ2) is 12.5. The van der Waals surface area contributed by atoms with Crippen LogP contribution >= 0.6 is 11.6 Å². The molecule has 3 heterocycles. The van der Waals surface area contributed by atoms with Crippen molar-refractivity contribution in [1.82, 2.24) is 4.90 Å². The van der Waals surface area contributed by atoms with Crippen LogP contribution in [0.25, 0.3) is 0 Å². The lowest BCUT2D eigenvalue weighted by molar-refractivity contribution is -0.149. The molecule has 0 saturated carbocycles. The Balaban J connectivity index is 1.66. The number of likely N-dealkylation sites (tertiary alicyclic amines) is 1. The minimum absolute atomic E-state index is 0.119. The van der Waals surface area contributed by atoms with Gasteiger partial charge >= 0.3 is 0 Å². The molecule has 2 bridgehead atoms. The van der Waals surface area contributed by atoms with Gasteiger partial charge in [0.15, 0.2) is 0 Å². The predicted octanol–water partition coefficient (Wildman–Crippen LogP) is 5.25. The van der Waals surface area contributed by atoms with E-state index in [9.17, 15) is 19.5 Å². The number of nitrogens with zero attached hydrogens (tertiary/aromatic N) is 3. The molecular formula is C35H42ClN3O5. The van der Waals surface area contributed by atoms with Crippen LogP contribution in [0.4, 0.5) is 11.4 Å². The number of benzene rings is 2. The first-order chi connectivity index (χ1) is 21.1. The zero-order chi connectivity index (χ0) is 31.8. The first-order valence-corrected chi connectivity index (χ1v) is 15.7. The van der Waals surface area contributed by atoms with E-state index in [0.29, 0.717) is 35.7 Å². The summed E-state index contributed by atoms with van der Waals surface area (Å²) in [6.07, 6.45) is 4.88. The van der Waals surface area contributed by atoms with E-state index in [4.69, 9.17) is 16.3 Å². The number of aliphatic hydroxyl groups excluding tert-OH is 1. The number of hydrogen-bond acceptors (Lipinski definition) is 5. The molecule has 2 unspecified atom stereocenters. The summed E-state index contributed by atoms with van der Waals surface area (Å²) in [7, 11) is 0. The molecule has 3 amide bonds. The van der Waals surface area contributed by atoms with Gasteiger partial charge in [0.05, 0.1) is 40.8 Å². The van der Waals surface area contributed by atoms with Gasteiger partial charge < -0.3 is 24.5 Å². The van der Waals surface area contributed by atoms with Crippen molar-refractivity contribution in [3.63, 3.8) is 0 Å². The Morgan fingerprint density at radius 1 is 1.07 bits per heavy atom. The summed E-state index contributed by atoms with van der Waals surface area (Å²) in [6, 6.07) is 14.6. The van der Waals surface area contributed by atoms with Gasteiger partial charge in [-0.05, 0) is 49.9 Å². The standard InChI is InChI=1S/C35H42ClN3O5/c1-6-20-37(24-14-10-9-11-15-24)31(41)28-29-32(42)39(27(22-40)23(4)8-3)30(35(29)19-18-34(28,5)44-35)33(43)38(21-7-2)26-17-13-12-16-25(26)36/h6-7,9-17,23,27-30,40H,1-2,8,18-22H2,3-5H3/t23-,27-,28-,29-,30?,34+,35?/m0/s1. The van der Waals surface area contributed by atoms with Gasteiger partial charge in [0.2, 0.25) is 11.8 Å². The normalized spacial score (nSPS) is 28.3. The average Bonchev–Trinajstić information content (AvgIpc) is 3.60. The molecular weight excluding hydrogens is 578 g/mol. The molecule has 9 heteroatoms. The van der Waals surface area contributed by atoms with E-state index in [0.717, 1.165) is 0 Å². The highest BCUT2D eigenvalue weighted by Gasteiger charge is 2.79. The minimum Gasteiger partial charge on any atom is -0.394 e. The van der Waals surface area contributed by atoms with Gasteiger partial charge in [-0.15, -0.1) is 13.2 Å². The van der Waals surface area contributed by atoms with Crippen molar-refractivity contribution in [2.45, 2.75) is 63.3 Å². The molecule has 2 aromatic rings. The molecule has 0 radical (unpaired) electrons. The van der Waals surface area contributed by atoms with Crippen LogP contribution < -0.4 is 9.80 Å². The number of para-hydroxylation sites is 2. The van der Waals surface area contributed by atoms with Crippen LogP contribution in [0.5, 0.6) is 0 Å². The molecule has 2 aromatic carbocycles. The predicted molar refractivity (Wildman–Crippen MR) is 172 cm³/mol. The molecule has 0 aliphatic carbocycles. The van der Waals surface area contributed by atoms with Crippen LogP contribution in [0.15, 0.2) is 79.9 Å². The van der Waals surface area contributed by atoms with Gasteiger partial charge in [-0.2, -0.15) is 0 Å². The lowest BCUT2D eigenvalue weighted by Gasteiger charge is -2.41. The molecule has 7 atom stereocenters. The summed E-state index contributed by atoms with van der Waals surface area (Å²) in [5, 5.41) is 11.1. The zero-order valence-electron chi connectivity index (χ0n) is 25.7. The molecule has 1 spiro atoms. The number of hydrogen-bond donors (Lipinski definition) is 1. The Morgan fingerprint density at radius 3 is 2.32 bits per heavy atom. The lowest BCUT2D eigenvalue weighted by Crippen LogP contribution is -2.60. The molecule has 1 N–H and O–H groups in total. The molecule has 3 fully saturated rings. The summed E-state index contributed by atoms with van der Waals surface area (Å²) >= 11 is 6.59. The van der Waals surface area contributed by atoms with Gasteiger partial charge in [-0.1, -0.05) is 74.4 Å². The Hall–Kier alpha value is -3.46. The van der Waals surface area contributed by atoms with Crippen molar-refractivity contribution in [2.24, 2.45) is 17.8 Å². The lowest BCUT2D eigenvalue weighted by atomic mass is 9.66. The van der Waals surface area contributed by atoms with E-state index >= 15 is 0 Å². The third-order valence-corrected chi connectivity index (χ3v) is 10.2. The van der Waals surface area contributed by atoms with Crippen LogP contribution in [0.3, 0.4) is 0 Å². The Labute approximate surface area is 264 Å². The fourth-order valence-corrected chi connectivity index (χ4v) is 7.91. The first-order valence-electron chi connectivity index (χ1n) is 15.4. The molecule has 3 saturated heterocycles. The van der Waals surface area contributed by atoms with Crippen molar-refractivity contribution < 1.29 is 24.2 Å². The molecule has 234 valence electrons. The highest BCUT2D eigenvalue weighted by Crippen LogP contribution is 2.64. The number of anilines is 2. The second-order valence-corrected chi connectivity index (χ2v) is 12.8. The van der Waals surface area contributed by atoms with Gasteiger partial charge in [0, 0.05) is 18.8 Å². The van der Waals surface area contributed by atoms with Crippen molar-refractivity contribution in [1.29, 1.82) is 0 Å². The van der Waals surface area contributed by atoms with Crippen LogP contribution in [-0.2, 0) is 19.1 Å². The number of carbonyl (C=O) groups is 3. The van der Waals surface area contributed by atoms with Gasteiger partial charge in [0.25, 0.3) is 5.91 Å². The van der Waals surface area contributed by atoms with E-state index in [2.05, 4.69) is 13.2 Å². The molecule has 5 rings (SSSR count). The van der Waals surface area contributed by atoms with Crippen LogP contribution in [0.2, 0.25) is 5.02 Å². The number of carbonyl (C=O) groups excluding carboxylic acids is 3. The van der Waals surface area contributed by atoms with E-state index in [1.807, 2.05) is 51.1 Å². The maximum Gasteiger partial charge on any atom is 0.253 e. The SMILES string of the molecule is C=CCN(C(=O)[C@@H]1[C@H]2C(=O)N([C@@H](CO)[C@@H](C)CC)C(C(=O)N(CC=C)c3ccccc3Cl)C23CC[C@@]1(C)O3)c1ccccc1. The third-order valence-electron chi connectivity index (χ3n) is 9.93. The number of rotatable bonds is 12. The van der Waals surface area contributed by atoms with Gasteiger partial charge in [-0.3, -0.25) is 14.4 Å². The Bertz CT molecular complexity index is 1430.